The first-order chi connectivity index (χ1) is 18.3. The Hall–Kier alpha value is -4.48. The van der Waals surface area contributed by atoms with E-state index < -0.39 is 11.5 Å². The van der Waals surface area contributed by atoms with Crippen molar-refractivity contribution in [1.82, 2.24) is 34.9 Å². The highest BCUT2D eigenvalue weighted by Crippen LogP contribution is 2.34. The highest BCUT2D eigenvalue weighted by molar-refractivity contribution is 6.43. The first kappa shape index (κ1) is 23.9. The second kappa shape index (κ2) is 9.43. The maximum absolute atomic E-state index is 13.3. The van der Waals surface area contributed by atoms with E-state index in [2.05, 4.69) is 35.5 Å². The number of aryl methyl sites for hydroxylation is 2. The highest BCUT2D eigenvalue weighted by atomic mass is 19.1. The molecule has 11 nitrogen and oxygen atoms in total. The zero-order valence-electron chi connectivity index (χ0n) is 21.5. The number of pyridine rings is 1. The van der Waals surface area contributed by atoms with Crippen LogP contribution in [0.3, 0.4) is 0 Å². The van der Waals surface area contributed by atoms with Crippen LogP contribution in [-0.4, -0.2) is 65.1 Å². The van der Waals surface area contributed by atoms with Gasteiger partial charge in [-0.1, -0.05) is 6.07 Å². The molecule has 12 heteroatoms. The predicted octanol–water partition coefficient (Wildman–Crippen LogP) is 3.73. The fourth-order valence-electron chi connectivity index (χ4n) is 4.84. The molecule has 0 unspecified atom stereocenters. The summed E-state index contributed by atoms with van der Waals surface area (Å²) in [6.45, 7) is 7.46. The maximum atomic E-state index is 13.3. The molecule has 2 N–H and O–H groups in total. The predicted molar refractivity (Wildman–Crippen MR) is 143 cm³/mol. The van der Waals surface area contributed by atoms with E-state index in [-0.39, 0.29) is 0 Å². The number of nitrogens with one attached hydrogen (secondary N) is 2. The lowest BCUT2D eigenvalue weighted by molar-refractivity contribution is 0.354. The lowest BCUT2D eigenvalue weighted by atomic mass is 9.99. The number of hydrogen-bond acceptors (Lipinski definition) is 9. The summed E-state index contributed by atoms with van der Waals surface area (Å²) < 4.78 is 14.7. The lowest BCUT2D eigenvalue weighted by Crippen LogP contribution is -2.42. The smallest absolute Gasteiger partial charge is 0.227 e. The van der Waals surface area contributed by atoms with E-state index in [1.165, 1.54) is 10.9 Å². The average molecular weight is 514 g/mol. The summed E-state index contributed by atoms with van der Waals surface area (Å²) in [5.41, 5.74) is 4.39. The van der Waals surface area contributed by atoms with Crippen molar-refractivity contribution in [2.75, 3.05) is 23.3 Å². The number of halogens is 1. The van der Waals surface area contributed by atoms with Gasteiger partial charge >= 0.3 is 0 Å². The van der Waals surface area contributed by atoms with Gasteiger partial charge in [0.15, 0.2) is 23.1 Å². The van der Waals surface area contributed by atoms with Crippen LogP contribution in [0.4, 0.5) is 22.0 Å². The molecule has 6 heterocycles. The van der Waals surface area contributed by atoms with Crippen molar-refractivity contribution < 1.29 is 4.39 Å². The van der Waals surface area contributed by atoms with Crippen molar-refractivity contribution in [1.29, 1.82) is 0 Å². The fraction of sp³-hybridized carbons (Fsp3) is 0.346. The molecule has 1 spiro atoms. The van der Waals surface area contributed by atoms with Gasteiger partial charge in [-0.3, -0.25) is 15.1 Å². The van der Waals surface area contributed by atoms with Crippen LogP contribution in [0.15, 0.2) is 52.8 Å². The van der Waals surface area contributed by atoms with Crippen molar-refractivity contribution in [3.05, 3.63) is 65.6 Å². The number of nitrogens with zero attached hydrogens (tertiary/aromatic N) is 9. The second-order valence-corrected chi connectivity index (χ2v) is 9.79. The van der Waals surface area contributed by atoms with Gasteiger partial charge < -0.3 is 10.2 Å². The van der Waals surface area contributed by atoms with E-state index in [1.807, 2.05) is 45.0 Å². The van der Waals surface area contributed by atoms with Crippen molar-refractivity contribution in [2.24, 2.45) is 9.98 Å². The summed E-state index contributed by atoms with van der Waals surface area (Å²) >= 11 is 0. The molecule has 0 amide bonds. The summed E-state index contributed by atoms with van der Waals surface area (Å²) in [6, 6.07) is 7.64. The van der Waals surface area contributed by atoms with E-state index in [4.69, 9.17) is 15.0 Å². The highest BCUT2D eigenvalue weighted by Gasteiger charge is 2.38. The van der Waals surface area contributed by atoms with Gasteiger partial charge in [0.25, 0.3) is 0 Å². The number of aromatic nitrogens is 7. The third-order valence-electron chi connectivity index (χ3n) is 6.75. The third kappa shape index (κ3) is 4.89. The Morgan fingerprint density at radius 2 is 1.87 bits per heavy atom. The van der Waals surface area contributed by atoms with Crippen molar-refractivity contribution in [2.45, 2.75) is 45.7 Å². The van der Waals surface area contributed by atoms with Gasteiger partial charge in [0.05, 0.1) is 23.8 Å². The number of anilines is 3. The molecule has 0 atom stereocenters. The van der Waals surface area contributed by atoms with E-state index >= 15 is 0 Å². The zero-order chi connectivity index (χ0) is 26.3. The van der Waals surface area contributed by atoms with Crippen LogP contribution < -0.4 is 10.2 Å². The standard InChI is InChI=1S/C26H28FN11/c1-16-10-22(31-23-11-17(2)35-36-23)32-25(30-16)37-8-6-26(7-9-37)33-18(3)21(34-26)12-19-4-5-24(28-13-19)38-15-20(27)14-29-38/h4-5,10-11,13-15H,6-9,12H2,1-3H3,(H2,30,31,32,35,36). The molecule has 2 aliphatic heterocycles. The minimum absolute atomic E-state index is 0.394. The number of H-pyrrole nitrogens is 1. The van der Waals surface area contributed by atoms with Gasteiger partial charge in [0.2, 0.25) is 5.95 Å². The van der Waals surface area contributed by atoms with Gasteiger partial charge in [0.1, 0.15) is 5.82 Å². The van der Waals surface area contributed by atoms with E-state index in [0.29, 0.717) is 24.0 Å². The summed E-state index contributed by atoms with van der Waals surface area (Å²) in [6.07, 6.45) is 6.46. The first-order valence-corrected chi connectivity index (χ1v) is 12.5. The molecule has 0 aliphatic carbocycles. The van der Waals surface area contributed by atoms with Gasteiger partial charge in [-0.05, 0) is 32.4 Å². The second-order valence-electron chi connectivity index (χ2n) is 9.79. The summed E-state index contributed by atoms with van der Waals surface area (Å²) in [5.74, 6) is 2.31. The maximum Gasteiger partial charge on any atom is 0.227 e. The molecular formula is C26H28FN11. The number of aromatic amines is 1. The van der Waals surface area contributed by atoms with Crippen LogP contribution >= 0.6 is 0 Å². The Bertz CT molecular complexity index is 1520. The first-order valence-electron chi connectivity index (χ1n) is 12.5. The Balaban J connectivity index is 1.12. The summed E-state index contributed by atoms with van der Waals surface area (Å²) in [4.78, 5) is 26.1. The molecule has 194 valence electrons. The molecule has 0 saturated carbocycles. The van der Waals surface area contributed by atoms with Crippen molar-refractivity contribution in [3.8, 4) is 5.82 Å². The molecule has 0 aromatic carbocycles. The number of hydrogen-bond donors (Lipinski definition) is 2. The van der Waals surface area contributed by atoms with Crippen LogP contribution in [0.1, 0.15) is 36.7 Å². The summed E-state index contributed by atoms with van der Waals surface area (Å²) in [7, 11) is 0. The van der Waals surface area contributed by atoms with Gasteiger partial charge in [0, 0.05) is 62.1 Å². The fourth-order valence-corrected chi connectivity index (χ4v) is 4.84. The molecule has 4 aromatic heterocycles. The molecular weight excluding hydrogens is 485 g/mol. The molecule has 38 heavy (non-hydrogen) atoms. The van der Waals surface area contributed by atoms with Crippen LogP contribution in [0, 0.1) is 19.7 Å². The zero-order valence-corrected chi connectivity index (χ0v) is 21.5. The van der Waals surface area contributed by atoms with Crippen LogP contribution in [0.25, 0.3) is 5.82 Å². The molecule has 1 saturated heterocycles. The van der Waals surface area contributed by atoms with Crippen LogP contribution in [0.5, 0.6) is 0 Å². The summed E-state index contributed by atoms with van der Waals surface area (Å²) in [5, 5.41) is 14.4. The third-order valence-corrected chi connectivity index (χ3v) is 6.75. The molecule has 2 aliphatic rings. The average Bonchev–Trinajstić information content (AvgIpc) is 3.59. The molecule has 6 rings (SSSR count). The number of piperidine rings is 1. The molecule has 0 radical (unpaired) electrons. The molecule has 1 fully saturated rings. The van der Waals surface area contributed by atoms with Crippen LogP contribution in [0.2, 0.25) is 0 Å². The molecule has 0 bridgehead atoms. The number of aliphatic imine (C=N–C) groups is 2. The molecule has 4 aromatic rings. The minimum atomic E-state index is -0.437. The SMILES string of the molecule is CC1=NC2(CCN(c3nc(C)cc(Nc4cc(C)[nH]n4)n3)CC2)N=C1Cc1ccc(-n2cc(F)cn2)nc1. The Labute approximate surface area is 219 Å². The van der Waals surface area contributed by atoms with Crippen molar-refractivity contribution in [3.63, 3.8) is 0 Å². The topological polar surface area (TPSA) is 125 Å². The normalized spacial score (nSPS) is 16.6. The van der Waals surface area contributed by atoms with Crippen LogP contribution in [-0.2, 0) is 6.42 Å². The van der Waals surface area contributed by atoms with Gasteiger partial charge in [-0.2, -0.15) is 15.2 Å². The Morgan fingerprint density at radius 3 is 2.55 bits per heavy atom. The number of rotatable bonds is 6. The quantitative estimate of drug-likeness (QED) is 0.402. The van der Waals surface area contributed by atoms with Gasteiger partial charge in [-0.15, -0.1) is 0 Å². The largest absolute Gasteiger partial charge is 0.340 e. The monoisotopic (exact) mass is 513 g/mol. The lowest BCUT2D eigenvalue weighted by Gasteiger charge is -2.35. The van der Waals surface area contributed by atoms with Crippen molar-refractivity contribution >= 4 is 29.0 Å². The Kier molecular flexibility index (Phi) is 5.93. The Morgan fingerprint density at radius 1 is 1.03 bits per heavy atom. The van der Waals surface area contributed by atoms with E-state index in [9.17, 15) is 4.39 Å². The van der Waals surface area contributed by atoms with E-state index in [0.717, 1.165) is 66.3 Å². The van der Waals surface area contributed by atoms with Gasteiger partial charge in [-0.25, -0.2) is 19.0 Å². The minimum Gasteiger partial charge on any atom is -0.340 e. The van der Waals surface area contributed by atoms with E-state index in [1.54, 1.807) is 6.20 Å².